The number of aryl methyl sites for hydroxylation is 1. The first kappa shape index (κ1) is 11.4. The van der Waals surface area contributed by atoms with Gasteiger partial charge in [-0.15, -0.1) is 11.3 Å². The minimum atomic E-state index is 0.970. The molecule has 0 saturated heterocycles. The van der Waals surface area contributed by atoms with Gasteiger partial charge in [0.25, 0.3) is 0 Å². The van der Waals surface area contributed by atoms with Gasteiger partial charge in [-0.2, -0.15) is 0 Å². The van der Waals surface area contributed by atoms with Gasteiger partial charge in [0.05, 0.1) is 0 Å². The molecule has 5 rings (SSSR count). The average Bonchev–Trinajstić information content (AvgIpc) is 3.07. The lowest BCUT2D eigenvalue weighted by Gasteiger charge is -1.98. The summed E-state index contributed by atoms with van der Waals surface area (Å²) in [7, 11) is 0. The zero-order valence-corrected chi connectivity index (χ0v) is 12.3. The molecule has 5 aromatic rings. The molecule has 0 spiro atoms. The van der Waals surface area contributed by atoms with E-state index >= 15 is 0 Å². The summed E-state index contributed by atoms with van der Waals surface area (Å²) >= 11 is 1.85. The zero-order chi connectivity index (χ0) is 14.0. The van der Waals surface area contributed by atoms with Crippen LogP contribution in [0.15, 0.2) is 59.0 Å². The summed E-state index contributed by atoms with van der Waals surface area (Å²) in [6.45, 7) is 2.17. The normalized spacial score (nSPS) is 12.0. The zero-order valence-electron chi connectivity index (χ0n) is 11.5. The highest BCUT2D eigenvalue weighted by atomic mass is 32.1. The van der Waals surface area contributed by atoms with Gasteiger partial charge in [0.1, 0.15) is 11.2 Å². The Morgan fingerprint density at radius 1 is 0.810 bits per heavy atom. The molecule has 100 valence electrons. The van der Waals surface area contributed by atoms with Crippen LogP contribution in [0.4, 0.5) is 0 Å². The lowest BCUT2D eigenvalue weighted by Crippen LogP contribution is -1.75. The number of benzene rings is 3. The molecule has 3 aromatic carbocycles. The second-order valence-electron chi connectivity index (χ2n) is 5.45. The minimum absolute atomic E-state index is 0.970. The summed E-state index contributed by atoms with van der Waals surface area (Å²) in [4.78, 5) is 0. The van der Waals surface area contributed by atoms with E-state index in [2.05, 4.69) is 49.4 Å². The molecule has 0 aliphatic carbocycles. The van der Waals surface area contributed by atoms with Gasteiger partial charge in [0, 0.05) is 36.5 Å². The van der Waals surface area contributed by atoms with Crippen molar-refractivity contribution in [2.24, 2.45) is 0 Å². The first-order valence-electron chi connectivity index (χ1n) is 7.05. The van der Waals surface area contributed by atoms with Gasteiger partial charge in [-0.25, -0.2) is 0 Å². The van der Waals surface area contributed by atoms with Crippen molar-refractivity contribution in [3.8, 4) is 0 Å². The van der Waals surface area contributed by atoms with Crippen LogP contribution in [0.1, 0.15) is 5.56 Å². The van der Waals surface area contributed by atoms with Crippen molar-refractivity contribution in [3.63, 3.8) is 0 Å². The van der Waals surface area contributed by atoms with Gasteiger partial charge < -0.3 is 4.42 Å². The first-order chi connectivity index (χ1) is 10.3. The second-order valence-corrected chi connectivity index (χ2v) is 6.50. The van der Waals surface area contributed by atoms with Gasteiger partial charge in [0.2, 0.25) is 0 Å². The summed E-state index contributed by atoms with van der Waals surface area (Å²) in [5.74, 6) is 0. The van der Waals surface area contributed by atoms with Crippen molar-refractivity contribution in [1.82, 2.24) is 0 Å². The quantitative estimate of drug-likeness (QED) is 0.327. The summed E-state index contributed by atoms with van der Waals surface area (Å²) in [5, 5.41) is 5.10. The molecule has 0 fully saturated rings. The topological polar surface area (TPSA) is 13.1 Å². The molecule has 0 atom stereocenters. The molecular formula is C19H12OS. The number of para-hydroxylation sites is 1. The number of hydrogen-bond donors (Lipinski definition) is 0. The van der Waals surface area contributed by atoms with Crippen LogP contribution in [0.25, 0.3) is 42.1 Å². The Bertz CT molecular complexity index is 1060. The maximum absolute atomic E-state index is 6.09. The Kier molecular flexibility index (Phi) is 2.09. The molecule has 2 heteroatoms. The minimum Gasteiger partial charge on any atom is -0.456 e. The van der Waals surface area contributed by atoms with E-state index in [1.807, 2.05) is 23.5 Å². The maximum atomic E-state index is 6.09. The van der Waals surface area contributed by atoms with E-state index in [0.717, 1.165) is 11.2 Å². The van der Waals surface area contributed by atoms with E-state index in [4.69, 9.17) is 4.42 Å². The Hall–Kier alpha value is -2.32. The highest BCUT2D eigenvalue weighted by Crippen LogP contribution is 2.41. The van der Waals surface area contributed by atoms with Gasteiger partial charge in [-0.05, 0) is 25.1 Å². The third kappa shape index (κ3) is 1.40. The number of rotatable bonds is 0. The monoisotopic (exact) mass is 288 g/mol. The van der Waals surface area contributed by atoms with Crippen LogP contribution < -0.4 is 0 Å². The van der Waals surface area contributed by atoms with E-state index in [1.165, 1.54) is 36.5 Å². The van der Waals surface area contributed by atoms with Crippen LogP contribution in [0.2, 0.25) is 0 Å². The van der Waals surface area contributed by atoms with Crippen molar-refractivity contribution in [3.05, 3.63) is 60.2 Å². The molecule has 21 heavy (non-hydrogen) atoms. The second kappa shape index (κ2) is 3.86. The fraction of sp³-hybridized carbons (Fsp3) is 0.0526. The maximum Gasteiger partial charge on any atom is 0.139 e. The number of hydrogen-bond acceptors (Lipinski definition) is 2. The summed E-state index contributed by atoms with van der Waals surface area (Å²) in [5.41, 5.74) is 3.24. The third-order valence-electron chi connectivity index (χ3n) is 4.24. The van der Waals surface area contributed by atoms with Crippen LogP contribution in [-0.2, 0) is 0 Å². The summed E-state index contributed by atoms with van der Waals surface area (Å²) in [6, 6.07) is 19.2. The molecule has 0 radical (unpaired) electrons. The van der Waals surface area contributed by atoms with Crippen LogP contribution in [0, 0.1) is 6.92 Å². The lowest BCUT2D eigenvalue weighted by molar-refractivity contribution is 0.666. The molecule has 0 unspecified atom stereocenters. The fourth-order valence-corrected chi connectivity index (χ4v) is 4.40. The van der Waals surface area contributed by atoms with Crippen molar-refractivity contribution < 1.29 is 4.42 Å². The van der Waals surface area contributed by atoms with Gasteiger partial charge in [0.15, 0.2) is 0 Å². The molecule has 1 nitrogen and oxygen atoms in total. The van der Waals surface area contributed by atoms with Crippen molar-refractivity contribution in [2.45, 2.75) is 6.92 Å². The van der Waals surface area contributed by atoms with Gasteiger partial charge in [-0.3, -0.25) is 0 Å². The van der Waals surface area contributed by atoms with Crippen molar-refractivity contribution >= 4 is 53.4 Å². The highest BCUT2D eigenvalue weighted by Gasteiger charge is 2.15. The number of fused-ring (bicyclic) bond motifs is 6. The van der Waals surface area contributed by atoms with E-state index in [0.29, 0.717) is 0 Å². The van der Waals surface area contributed by atoms with E-state index < -0.39 is 0 Å². The standard InChI is InChI=1S/C19H12OS/c1-11-18-14(12-6-2-4-8-16(12)20-18)10-15-13-7-3-5-9-17(13)21-19(11)15/h2-10H,1H3. The Morgan fingerprint density at radius 3 is 2.48 bits per heavy atom. The molecule has 0 aliphatic heterocycles. The SMILES string of the molecule is Cc1c2oc3ccccc3c2cc2c1sc1ccccc12. The molecule has 0 aliphatic rings. The number of furan rings is 1. The molecule has 0 bridgehead atoms. The van der Waals surface area contributed by atoms with E-state index in [-0.39, 0.29) is 0 Å². The van der Waals surface area contributed by atoms with Crippen LogP contribution >= 0.6 is 11.3 Å². The predicted molar refractivity (Wildman–Crippen MR) is 91.3 cm³/mol. The fourth-order valence-electron chi connectivity index (χ4n) is 3.22. The molecule has 2 aromatic heterocycles. The van der Waals surface area contributed by atoms with E-state index in [9.17, 15) is 0 Å². The van der Waals surface area contributed by atoms with Crippen molar-refractivity contribution in [1.29, 1.82) is 0 Å². The predicted octanol–water partition coefficient (Wildman–Crippen LogP) is 6.26. The van der Waals surface area contributed by atoms with Crippen LogP contribution in [0.5, 0.6) is 0 Å². The Morgan fingerprint density at radius 2 is 1.57 bits per heavy atom. The molecule has 2 heterocycles. The molecule has 0 saturated carbocycles. The molecule has 0 N–H and O–H groups in total. The van der Waals surface area contributed by atoms with E-state index in [1.54, 1.807) is 0 Å². The summed E-state index contributed by atoms with van der Waals surface area (Å²) < 4.78 is 8.77. The lowest BCUT2D eigenvalue weighted by atomic mass is 10.0. The third-order valence-corrected chi connectivity index (χ3v) is 5.54. The van der Waals surface area contributed by atoms with Gasteiger partial charge in [-0.1, -0.05) is 36.4 Å². The smallest absolute Gasteiger partial charge is 0.139 e. The first-order valence-corrected chi connectivity index (χ1v) is 7.87. The largest absolute Gasteiger partial charge is 0.456 e. The molecule has 0 amide bonds. The van der Waals surface area contributed by atoms with Crippen molar-refractivity contribution in [2.75, 3.05) is 0 Å². The van der Waals surface area contributed by atoms with Gasteiger partial charge >= 0.3 is 0 Å². The molecular weight excluding hydrogens is 276 g/mol. The van der Waals surface area contributed by atoms with Crippen LogP contribution in [0.3, 0.4) is 0 Å². The number of thiophene rings is 1. The highest BCUT2D eigenvalue weighted by molar-refractivity contribution is 7.26. The van der Waals surface area contributed by atoms with Crippen LogP contribution in [-0.4, -0.2) is 0 Å². The average molecular weight is 288 g/mol. The Balaban J connectivity index is 2.11. The Labute approximate surface area is 125 Å². The summed E-state index contributed by atoms with van der Waals surface area (Å²) in [6.07, 6.45) is 0.